The number of hydrogen-bond donors (Lipinski definition) is 0. The maximum Gasteiger partial charge on any atom is 0.319 e. The van der Waals surface area contributed by atoms with Crippen LogP contribution >= 0.6 is 11.6 Å². The van der Waals surface area contributed by atoms with Crippen LogP contribution in [0.4, 0.5) is 14.6 Å². The summed E-state index contributed by atoms with van der Waals surface area (Å²) in [6.07, 6.45) is 9.89. The molecule has 41 heavy (non-hydrogen) atoms. The van der Waals surface area contributed by atoms with Gasteiger partial charge in [0.25, 0.3) is 0 Å². The first-order valence-electron chi connectivity index (χ1n) is 14.9. The van der Waals surface area contributed by atoms with Gasteiger partial charge in [-0.05, 0) is 81.3 Å². The predicted molar refractivity (Wildman–Crippen MR) is 157 cm³/mol. The molecule has 2 aromatic heterocycles. The molecule has 0 spiro atoms. The number of hydrogen-bond acceptors (Lipinski definition) is 6. The van der Waals surface area contributed by atoms with E-state index in [1.165, 1.54) is 38.2 Å². The molecular formula is C32H32ClF2N5O. The molecule has 9 heteroatoms. The summed E-state index contributed by atoms with van der Waals surface area (Å²) >= 11 is 6.40. The first kappa shape index (κ1) is 25.6. The highest BCUT2D eigenvalue weighted by Gasteiger charge is 2.45. The van der Waals surface area contributed by atoms with E-state index in [4.69, 9.17) is 21.3 Å². The Hall–Kier alpha value is -3.10. The van der Waals surface area contributed by atoms with Gasteiger partial charge in [0.15, 0.2) is 5.82 Å². The van der Waals surface area contributed by atoms with Crippen LogP contribution in [0.3, 0.4) is 0 Å². The number of rotatable bonds is 5. The molecule has 2 unspecified atom stereocenters. The average Bonchev–Trinajstić information content (AvgIpc) is 3.67. The molecule has 3 aliphatic heterocycles. The van der Waals surface area contributed by atoms with Gasteiger partial charge in [0.1, 0.15) is 29.5 Å². The van der Waals surface area contributed by atoms with Crippen molar-refractivity contribution in [1.29, 1.82) is 0 Å². The van der Waals surface area contributed by atoms with E-state index in [1.54, 1.807) is 24.4 Å². The van der Waals surface area contributed by atoms with Crippen molar-refractivity contribution >= 4 is 39.1 Å². The van der Waals surface area contributed by atoms with Gasteiger partial charge in [-0.3, -0.25) is 9.88 Å². The second-order valence-corrected chi connectivity index (χ2v) is 12.8. The fourth-order valence-corrected chi connectivity index (χ4v) is 8.34. The fourth-order valence-electron chi connectivity index (χ4n) is 8.06. The number of pyridine rings is 1. The zero-order valence-electron chi connectivity index (χ0n) is 22.9. The minimum Gasteiger partial charge on any atom is -0.461 e. The topological polar surface area (TPSA) is 54.4 Å². The summed E-state index contributed by atoms with van der Waals surface area (Å²) in [6.45, 7) is 4.48. The van der Waals surface area contributed by atoms with E-state index >= 15 is 4.39 Å². The second-order valence-electron chi connectivity index (χ2n) is 12.4. The molecule has 5 heterocycles. The zero-order chi connectivity index (χ0) is 27.7. The lowest BCUT2D eigenvalue weighted by Gasteiger charge is -2.34. The SMILES string of the molecule is Fc1ccc2cccc(-c3ncc4c(N5CC6CCC(C6)C5)nc(OCC56CCCN5CCC6)nc4c3F)c2c1Cl. The van der Waals surface area contributed by atoms with E-state index in [-0.39, 0.29) is 27.8 Å². The Bertz CT molecular complexity index is 1660. The Balaban J connectivity index is 1.26. The van der Waals surface area contributed by atoms with Crippen molar-refractivity contribution in [3.8, 4) is 17.3 Å². The minimum absolute atomic E-state index is 0.0223. The van der Waals surface area contributed by atoms with E-state index < -0.39 is 11.6 Å². The molecule has 0 N–H and O–H groups in total. The molecule has 0 radical (unpaired) electrons. The molecule has 0 amide bonds. The Labute approximate surface area is 242 Å². The van der Waals surface area contributed by atoms with Crippen molar-refractivity contribution in [3.63, 3.8) is 0 Å². The maximum absolute atomic E-state index is 16.6. The van der Waals surface area contributed by atoms with Gasteiger partial charge in [-0.2, -0.15) is 9.97 Å². The Kier molecular flexibility index (Phi) is 6.08. The monoisotopic (exact) mass is 575 g/mol. The molecule has 6 nitrogen and oxygen atoms in total. The standard InChI is InChI=1S/C32H32ClF2N5O/c33-26-24(34)9-8-21-4-1-5-22(25(21)26)28-27(35)29-23(15-36-28)30(39-16-19-6-7-20(14-19)17-39)38-31(37-29)41-18-32-10-2-12-40(32)13-3-11-32/h1,4-5,8-9,15,19-20H,2-3,6-7,10-14,16-18H2. The number of piperidine rings is 1. The van der Waals surface area contributed by atoms with Crippen molar-refractivity contribution < 1.29 is 13.5 Å². The van der Waals surface area contributed by atoms with Gasteiger partial charge >= 0.3 is 6.01 Å². The number of aromatic nitrogens is 3. The van der Waals surface area contributed by atoms with Gasteiger partial charge in [0.2, 0.25) is 0 Å². The summed E-state index contributed by atoms with van der Waals surface area (Å²) in [6, 6.07) is 8.52. The van der Waals surface area contributed by atoms with Crippen LogP contribution in [0, 0.1) is 23.5 Å². The van der Waals surface area contributed by atoms with E-state index in [0.29, 0.717) is 46.0 Å². The molecule has 4 fully saturated rings. The van der Waals surface area contributed by atoms with Crippen LogP contribution in [0.25, 0.3) is 32.9 Å². The van der Waals surface area contributed by atoms with Crippen molar-refractivity contribution in [2.75, 3.05) is 37.7 Å². The summed E-state index contributed by atoms with van der Waals surface area (Å²) in [5, 5.41) is 1.66. The molecule has 1 saturated carbocycles. The third-order valence-corrected chi connectivity index (χ3v) is 10.4. The van der Waals surface area contributed by atoms with Crippen LogP contribution in [-0.2, 0) is 0 Å². The lowest BCUT2D eigenvalue weighted by atomic mass is 9.95. The van der Waals surface area contributed by atoms with Crippen LogP contribution in [0.15, 0.2) is 36.5 Å². The molecule has 8 rings (SSSR count). The molecule has 2 atom stereocenters. The van der Waals surface area contributed by atoms with Gasteiger partial charge in [-0.1, -0.05) is 35.9 Å². The first-order chi connectivity index (χ1) is 20.0. The Morgan fingerprint density at radius 2 is 1.78 bits per heavy atom. The molecule has 4 aliphatic rings. The van der Waals surface area contributed by atoms with Crippen LogP contribution < -0.4 is 9.64 Å². The van der Waals surface area contributed by atoms with E-state index in [2.05, 4.69) is 19.8 Å². The van der Waals surface area contributed by atoms with E-state index in [9.17, 15) is 4.39 Å². The normalized spacial score (nSPS) is 23.5. The lowest BCUT2D eigenvalue weighted by Crippen LogP contribution is -2.43. The van der Waals surface area contributed by atoms with E-state index in [1.807, 2.05) is 6.07 Å². The number of halogens is 3. The van der Waals surface area contributed by atoms with Crippen molar-refractivity contribution in [2.45, 2.75) is 50.5 Å². The van der Waals surface area contributed by atoms with Gasteiger partial charge in [-0.25, -0.2) is 8.78 Å². The number of nitrogens with zero attached hydrogens (tertiary/aromatic N) is 5. The van der Waals surface area contributed by atoms with Gasteiger partial charge in [0, 0.05) is 30.2 Å². The molecule has 4 aromatic rings. The highest BCUT2D eigenvalue weighted by molar-refractivity contribution is 6.36. The fraction of sp³-hybridized carbons (Fsp3) is 0.469. The predicted octanol–water partition coefficient (Wildman–Crippen LogP) is 7.02. The summed E-state index contributed by atoms with van der Waals surface area (Å²) in [4.78, 5) is 19.0. The molecular weight excluding hydrogens is 544 g/mol. The van der Waals surface area contributed by atoms with E-state index in [0.717, 1.165) is 39.0 Å². The van der Waals surface area contributed by atoms with Crippen LogP contribution in [-0.4, -0.2) is 58.2 Å². The highest BCUT2D eigenvalue weighted by atomic mass is 35.5. The third kappa shape index (κ3) is 4.16. The van der Waals surface area contributed by atoms with Gasteiger partial charge < -0.3 is 9.64 Å². The van der Waals surface area contributed by atoms with Gasteiger partial charge in [0.05, 0.1) is 15.9 Å². The van der Waals surface area contributed by atoms with Crippen molar-refractivity contribution in [3.05, 3.63) is 53.2 Å². The number of ether oxygens (including phenoxy) is 1. The average molecular weight is 576 g/mol. The van der Waals surface area contributed by atoms with Crippen LogP contribution in [0.1, 0.15) is 44.9 Å². The summed E-state index contributed by atoms with van der Waals surface area (Å²) in [5.41, 5.74) is 0.705. The quantitative estimate of drug-likeness (QED) is 0.255. The van der Waals surface area contributed by atoms with Crippen LogP contribution in [0.2, 0.25) is 5.02 Å². The number of benzene rings is 2. The Morgan fingerprint density at radius 1 is 1.00 bits per heavy atom. The summed E-state index contributed by atoms with van der Waals surface area (Å²) in [5.74, 6) is 0.800. The number of anilines is 1. The largest absolute Gasteiger partial charge is 0.461 e. The minimum atomic E-state index is -0.578. The smallest absolute Gasteiger partial charge is 0.319 e. The highest BCUT2D eigenvalue weighted by Crippen LogP contribution is 2.43. The molecule has 1 aliphatic carbocycles. The molecule has 2 aromatic carbocycles. The lowest BCUT2D eigenvalue weighted by molar-refractivity contribution is 0.108. The summed E-state index contributed by atoms with van der Waals surface area (Å²) in [7, 11) is 0. The maximum atomic E-state index is 16.6. The molecule has 3 saturated heterocycles. The molecule has 212 valence electrons. The zero-order valence-corrected chi connectivity index (χ0v) is 23.6. The van der Waals surface area contributed by atoms with Crippen molar-refractivity contribution in [1.82, 2.24) is 19.9 Å². The third-order valence-electron chi connectivity index (χ3n) is 10.0. The van der Waals surface area contributed by atoms with Crippen molar-refractivity contribution in [2.24, 2.45) is 11.8 Å². The number of fused-ring (bicyclic) bond motifs is 5. The first-order valence-corrected chi connectivity index (χ1v) is 15.2. The molecule has 2 bridgehead atoms. The van der Waals surface area contributed by atoms with Crippen LogP contribution in [0.5, 0.6) is 6.01 Å². The second kappa shape index (κ2) is 9.73. The summed E-state index contributed by atoms with van der Waals surface area (Å²) < 4.78 is 37.4. The van der Waals surface area contributed by atoms with Gasteiger partial charge in [-0.15, -0.1) is 0 Å². The Morgan fingerprint density at radius 3 is 2.56 bits per heavy atom.